The molecular weight excluding hydrogens is 364 g/mol. The van der Waals surface area contributed by atoms with Crippen LogP contribution in [0.5, 0.6) is 23.0 Å². The first-order valence-electron chi connectivity index (χ1n) is 8.58. The molecule has 0 saturated carbocycles. The first-order chi connectivity index (χ1) is 13.0. The van der Waals surface area contributed by atoms with Crippen molar-refractivity contribution < 1.29 is 35.1 Å². The Hall–Kier alpha value is -3.03. The number of ether oxygens (including phenoxy) is 1. The van der Waals surface area contributed by atoms with E-state index in [1.807, 2.05) is 0 Å². The monoisotopic (exact) mass is 388 g/mol. The van der Waals surface area contributed by atoms with Crippen molar-refractivity contribution in [2.75, 3.05) is 7.11 Å². The molecule has 7 nitrogen and oxygen atoms in total. The highest BCUT2D eigenvalue weighted by atomic mass is 16.5. The van der Waals surface area contributed by atoms with Crippen molar-refractivity contribution >= 4 is 11.9 Å². The molecular formula is C21H24O7. The molecule has 0 bridgehead atoms. The molecule has 28 heavy (non-hydrogen) atoms. The smallest absolute Gasteiger partial charge is 0.193 e. The molecule has 1 atom stereocenters. The van der Waals surface area contributed by atoms with Crippen LogP contribution in [-0.2, 0) is 6.42 Å². The number of rotatable bonds is 7. The van der Waals surface area contributed by atoms with Gasteiger partial charge in [0.2, 0.25) is 0 Å². The summed E-state index contributed by atoms with van der Waals surface area (Å²) >= 11 is 0. The lowest BCUT2D eigenvalue weighted by Gasteiger charge is -2.25. The quantitative estimate of drug-likeness (QED) is 0.364. The fraction of sp³-hybridized carbons (Fsp3) is 0.286. The van der Waals surface area contributed by atoms with Gasteiger partial charge in [0.05, 0.1) is 18.8 Å². The number of aliphatic hydroxyl groups excluding tert-OH is 1. The van der Waals surface area contributed by atoms with E-state index in [9.17, 15) is 30.3 Å². The third-order valence-corrected chi connectivity index (χ3v) is 4.35. The second-order valence-electron chi connectivity index (χ2n) is 6.96. The summed E-state index contributed by atoms with van der Waals surface area (Å²) in [5.41, 5.74) is -1.06. The largest absolute Gasteiger partial charge is 0.508 e. The zero-order valence-electron chi connectivity index (χ0n) is 15.9. The van der Waals surface area contributed by atoms with Gasteiger partial charge in [-0.2, -0.15) is 0 Å². The van der Waals surface area contributed by atoms with Gasteiger partial charge >= 0.3 is 0 Å². The van der Waals surface area contributed by atoms with Gasteiger partial charge in [-0.3, -0.25) is 4.79 Å². The maximum Gasteiger partial charge on any atom is 0.193 e. The Morgan fingerprint density at radius 1 is 1.18 bits per heavy atom. The summed E-state index contributed by atoms with van der Waals surface area (Å²) in [5.74, 6) is -1.41. The summed E-state index contributed by atoms with van der Waals surface area (Å²) in [5, 5.41) is 50.1. The van der Waals surface area contributed by atoms with Gasteiger partial charge in [-0.15, -0.1) is 0 Å². The number of hydrogen-bond donors (Lipinski definition) is 5. The van der Waals surface area contributed by atoms with E-state index in [1.54, 1.807) is 12.1 Å². The molecule has 0 spiro atoms. The van der Waals surface area contributed by atoms with Crippen LogP contribution < -0.4 is 4.74 Å². The molecule has 2 aromatic rings. The summed E-state index contributed by atoms with van der Waals surface area (Å²) in [6.45, 7) is 2.78. The van der Waals surface area contributed by atoms with Gasteiger partial charge in [0, 0.05) is 18.1 Å². The molecule has 2 rings (SSSR count). The average Bonchev–Trinajstić information content (AvgIpc) is 2.62. The van der Waals surface area contributed by atoms with Crippen molar-refractivity contribution in [3.8, 4) is 23.0 Å². The number of allylic oxidation sites excluding steroid dienone is 1. The lowest BCUT2D eigenvalue weighted by Crippen LogP contribution is -2.37. The second kappa shape index (κ2) is 8.33. The number of methoxy groups -OCH3 is 1. The number of carbonyl (C=O) groups excluding carboxylic acids is 1. The van der Waals surface area contributed by atoms with E-state index in [0.717, 1.165) is 0 Å². The van der Waals surface area contributed by atoms with Crippen LogP contribution in [-0.4, -0.2) is 50.1 Å². The molecule has 0 aliphatic rings. The molecule has 0 unspecified atom stereocenters. The van der Waals surface area contributed by atoms with E-state index in [-0.39, 0.29) is 34.8 Å². The highest BCUT2D eigenvalue weighted by Gasteiger charge is 2.29. The van der Waals surface area contributed by atoms with Crippen LogP contribution in [0.15, 0.2) is 36.4 Å². The molecule has 0 aromatic heterocycles. The van der Waals surface area contributed by atoms with Crippen LogP contribution in [0.4, 0.5) is 0 Å². The molecule has 0 aliphatic heterocycles. The van der Waals surface area contributed by atoms with Gasteiger partial charge in [-0.25, -0.2) is 0 Å². The van der Waals surface area contributed by atoms with Crippen molar-refractivity contribution in [2.45, 2.75) is 32.0 Å². The van der Waals surface area contributed by atoms with Gasteiger partial charge in [0.15, 0.2) is 5.78 Å². The fourth-order valence-electron chi connectivity index (χ4n) is 2.56. The molecule has 2 aromatic carbocycles. The molecule has 0 saturated heterocycles. The zero-order chi connectivity index (χ0) is 21.1. The Bertz CT molecular complexity index is 877. The summed E-state index contributed by atoms with van der Waals surface area (Å²) in [6.07, 6.45) is 1.16. The number of benzene rings is 2. The highest BCUT2D eigenvalue weighted by molar-refractivity contribution is 6.11. The Morgan fingerprint density at radius 3 is 2.32 bits per heavy atom. The first kappa shape index (κ1) is 21.3. The summed E-state index contributed by atoms with van der Waals surface area (Å²) in [4.78, 5) is 12.7. The maximum absolute atomic E-state index is 12.7. The highest BCUT2D eigenvalue weighted by Crippen LogP contribution is 2.39. The predicted molar refractivity (Wildman–Crippen MR) is 104 cm³/mol. The molecule has 5 N–H and O–H groups in total. The van der Waals surface area contributed by atoms with Crippen LogP contribution >= 0.6 is 0 Å². The lowest BCUT2D eigenvalue weighted by molar-refractivity contribution is -0.0473. The topological polar surface area (TPSA) is 127 Å². The van der Waals surface area contributed by atoms with Gasteiger partial charge in [-0.05, 0) is 37.6 Å². The molecule has 7 heteroatoms. The molecule has 0 fully saturated rings. The summed E-state index contributed by atoms with van der Waals surface area (Å²) in [6, 6.07) is 7.34. The van der Waals surface area contributed by atoms with E-state index in [1.165, 1.54) is 51.3 Å². The van der Waals surface area contributed by atoms with Crippen LogP contribution in [0.3, 0.4) is 0 Å². The van der Waals surface area contributed by atoms with Crippen LogP contribution in [0.25, 0.3) is 6.08 Å². The Labute approximate surface area is 162 Å². The third kappa shape index (κ3) is 4.82. The van der Waals surface area contributed by atoms with E-state index in [4.69, 9.17) is 4.74 Å². The normalized spacial score (nSPS) is 12.9. The minimum Gasteiger partial charge on any atom is -0.508 e. The summed E-state index contributed by atoms with van der Waals surface area (Å²) in [7, 11) is 1.29. The van der Waals surface area contributed by atoms with Crippen molar-refractivity contribution in [3.05, 3.63) is 53.1 Å². The third-order valence-electron chi connectivity index (χ3n) is 4.35. The second-order valence-corrected chi connectivity index (χ2v) is 6.96. The van der Waals surface area contributed by atoms with Crippen LogP contribution in [0.2, 0.25) is 0 Å². The maximum atomic E-state index is 12.7. The van der Waals surface area contributed by atoms with Gasteiger partial charge < -0.3 is 30.3 Å². The Kier molecular flexibility index (Phi) is 6.33. The molecule has 0 heterocycles. The van der Waals surface area contributed by atoms with Crippen LogP contribution in [0, 0.1) is 0 Å². The van der Waals surface area contributed by atoms with E-state index in [2.05, 4.69) is 0 Å². The van der Waals surface area contributed by atoms with Crippen molar-refractivity contribution in [1.29, 1.82) is 0 Å². The minimum absolute atomic E-state index is 0.0307. The van der Waals surface area contributed by atoms with E-state index >= 15 is 0 Å². The number of aromatic hydroxyl groups is 3. The molecule has 0 radical (unpaired) electrons. The lowest BCUT2D eigenvalue weighted by atomic mass is 9.92. The summed E-state index contributed by atoms with van der Waals surface area (Å²) < 4.78 is 5.10. The number of phenolic OH excluding ortho intramolecular Hbond substituents is 3. The van der Waals surface area contributed by atoms with Crippen molar-refractivity contribution in [2.24, 2.45) is 0 Å². The number of hydrogen-bond acceptors (Lipinski definition) is 7. The number of ketones is 1. The standard InChI is InChI=1S/C21H24O7/c1-21(2,27)18(25)10-14-16(24)11-17(28-3)19(20(14)26)15(23)9-6-12-4-7-13(22)8-5-12/h4-9,11,18,22,24-27H,10H2,1-3H3/b9-6-/t18-/m0/s1. The average molecular weight is 388 g/mol. The number of carbonyl (C=O) groups is 1. The van der Waals surface area contributed by atoms with Gasteiger partial charge in [-0.1, -0.05) is 18.2 Å². The molecule has 0 aliphatic carbocycles. The molecule has 0 amide bonds. The Balaban J connectivity index is 2.42. The SMILES string of the molecule is COc1cc(O)c(C[C@H](O)C(C)(C)O)c(O)c1C(=O)/C=C\c1ccc(O)cc1. The number of aliphatic hydroxyl groups is 2. The van der Waals surface area contributed by atoms with Gasteiger partial charge in [0.25, 0.3) is 0 Å². The zero-order valence-corrected chi connectivity index (χ0v) is 15.9. The van der Waals surface area contributed by atoms with Crippen molar-refractivity contribution in [1.82, 2.24) is 0 Å². The van der Waals surface area contributed by atoms with E-state index in [0.29, 0.717) is 5.56 Å². The van der Waals surface area contributed by atoms with Gasteiger partial charge in [0.1, 0.15) is 28.6 Å². The fourth-order valence-corrected chi connectivity index (χ4v) is 2.56. The first-order valence-corrected chi connectivity index (χ1v) is 8.58. The minimum atomic E-state index is -1.47. The predicted octanol–water partition coefficient (Wildman–Crippen LogP) is 2.38. The molecule has 150 valence electrons. The Morgan fingerprint density at radius 2 is 1.79 bits per heavy atom. The number of phenols is 3. The van der Waals surface area contributed by atoms with Crippen LogP contribution in [0.1, 0.15) is 35.3 Å². The van der Waals surface area contributed by atoms with Crippen molar-refractivity contribution in [3.63, 3.8) is 0 Å². The van der Waals surface area contributed by atoms with E-state index < -0.39 is 23.2 Å².